The van der Waals surface area contributed by atoms with Crippen molar-refractivity contribution in [1.82, 2.24) is 15.2 Å². The molecule has 0 fully saturated rings. The van der Waals surface area contributed by atoms with Crippen molar-refractivity contribution < 1.29 is 28.7 Å². The molecule has 0 aliphatic carbocycles. The van der Waals surface area contributed by atoms with Crippen molar-refractivity contribution in [1.29, 1.82) is 0 Å². The summed E-state index contributed by atoms with van der Waals surface area (Å²) >= 11 is 0. The molecule has 0 unspecified atom stereocenters. The first-order valence-electron chi connectivity index (χ1n) is 9.38. The van der Waals surface area contributed by atoms with Gasteiger partial charge in [-0.15, -0.1) is 0 Å². The highest BCUT2D eigenvalue weighted by molar-refractivity contribution is 5.95. The number of aromatic nitrogens is 1. The number of hydrogen-bond acceptors (Lipinski definition) is 7. The molecule has 9 heteroatoms. The smallest absolute Gasteiger partial charge is 0.413 e. The van der Waals surface area contributed by atoms with E-state index in [2.05, 4.69) is 9.72 Å². The molecule has 0 aliphatic heterocycles. The quantitative estimate of drug-likeness (QED) is 0.519. The zero-order chi connectivity index (χ0) is 21.9. The maximum atomic E-state index is 12.2. The Bertz CT molecular complexity index is 957. The molecule has 0 spiro atoms. The van der Waals surface area contributed by atoms with Gasteiger partial charge in [0.1, 0.15) is 6.54 Å². The molecule has 158 valence electrons. The molecule has 30 heavy (non-hydrogen) atoms. The standard InChI is InChI=1S/C21H23N3O6/c1-3-24(13-18(25)23-21(28)29-4-2)19(26)14-30-20(27)12-11-16-10-9-15-7-5-6-8-17(15)22-16/h5-12H,3-4,13-14H2,1-2H3,(H,23,25,28)/b12-11+. The fraction of sp³-hybridized carbons (Fsp3) is 0.286. The minimum Gasteiger partial charge on any atom is -0.452 e. The van der Waals surface area contributed by atoms with Crippen LogP contribution in [0.2, 0.25) is 0 Å². The Morgan fingerprint density at radius 3 is 2.57 bits per heavy atom. The van der Waals surface area contributed by atoms with Crippen molar-refractivity contribution in [2.24, 2.45) is 0 Å². The first-order chi connectivity index (χ1) is 14.4. The number of para-hydroxylation sites is 1. The lowest BCUT2D eigenvalue weighted by molar-refractivity contribution is -0.148. The van der Waals surface area contributed by atoms with Crippen LogP contribution in [0.15, 0.2) is 42.5 Å². The number of hydrogen-bond donors (Lipinski definition) is 1. The molecule has 0 aliphatic rings. The van der Waals surface area contributed by atoms with Crippen molar-refractivity contribution in [3.63, 3.8) is 0 Å². The van der Waals surface area contributed by atoms with Crippen LogP contribution in [0, 0.1) is 0 Å². The first kappa shape index (κ1) is 22.5. The minimum atomic E-state index is -0.884. The molecule has 9 nitrogen and oxygen atoms in total. The largest absolute Gasteiger partial charge is 0.452 e. The number of fused-ring (bicyclic) bond motifs is 1. The average molecular weight is 413 g/mol. The molecule has 0 saturated carbocycles. The Morgan fingerprint density at radius 2 is 1.83 bits per heavy atom. The van der Waals surface area contributed by atoms with Crippen LogP contribution < -0.4 is 5.32 Å². The third-order valence-corrected chi connectivity index (χ3v) is 3.93. The van der Waals surface area contributed by atoms with Crippen LogP contribution in [0.1, 0.15) is 19.5 Å². The molecule has 0 atom stereocenters. The topological polar surface area (TPSA) is 115 Å². The number of likely N-dealkylation sites (N-methyl/N-ethyl adjacent to an activating group) is 1. The number of alkyl carbamates (subject to hydrolysis) is 1. The SMILES string of the molecule is CCOC(=O)NC(=O)CN(CC)C(=O)COC(=O)/C=C/c1ccc2ccccc2n1. The summed E-state index contributed by atoms with van der Waals surface area (Å²) in [6, 6.07) is 11.2. The molecule has 1 N–H and O–H groups in total. The van der Waals surface area contributed by atoms with E-state index in [4.69, 9.17) is 4.74 Å². The van der Waals surface area contributed by atoms with Crippen LogP contribution >= 0.6 is 0 Å². The van der Waals surface area contributed by atoms with Crippen LogP contribution in [0.3, 0.4) is 0 Å². The van der Waals surface area contributed by atoms with Gasteiger partial charge in [0.25, 0.3) is 5.91 Å². The van der Waals surface area contributed by atoms with E-state index >= 15 is 0 Å². The van der Waals surface area contributed by atoms with Gasteiger partial charge in [0, 0.05) is 18.0 Å². The van der Waals surface area contributed by atoms with E-state index in [9.17, 15) is 19.2 Å². The van der Waals surface area contributed by atoms with E-state index in [1.54, 1.807) is 19.9 Å². The number of carbonyl (C=O) groups is 4. The van der Waals surface area contributed by atoms with Crippen LogP contribution in [0.4, 0.5) is 4.79 Å². The maximum absolute atomic E-state index is 12.2. The summed E-state index contributed by atoms with van der Waals surface area (Å²) in [6.45, 7) is 2.68. The lowest BCUT2D eigenvalue weighted by Gasteiger charge is -2.19. The summed E-state index contributed by atoms with van der Waals surface area (Å²) in [5.74, 6) is -1.98. The summed E-state index contributed by atoms with van der Waals surface area (Å²) < 4.78 is 9.53. The summed E-state index contributed by atoms with van der Waals surface area (Å²) in [5, 5.41) is 2.98. The summed E-state index contributed by atoms with van der Waals surface area (Å²) in [5.41, 5.74) is 1.37. The van der Waals surface area contributed by atoms with Gasteiger partial charge in [-0.2, -0.15) is 0 Å². The molecule has 2 aromatic rings. The highest BCUT2D eigenvalue weighted by Gasteiger charge is 2.18. The van der Waals surface area contributed by atoms with Gasteiger partial charge in [-0.25, -0.2) is 14.6 Å². The molecular formula is C21H23N3O6. The Kier molecular flexibility index (Phi) is 8.49. The van der Waals surface area contributed by atoms with Crippen LogP contribution in [0.25, 0.3) is 17.0 Å². The van der Waals surface area contributed by atoms with E-state index in [1.807, 2.05) is 35.6 Å². The average Bonchev–Trinajstić information content (AvgIpc) is 2.74. The highest BCUT2D eigenvalue weighted by atomic mass is 16.5. The van der Waals surface area contributed by atoms with Gasteiger partial charge in [-0.05, 0) is 32.1 Å². The molecule has 1 aromatic carbocycles. The summed E-state index contributed by atoms with van der Waals surface area (Å²) in [4.78, 5) is 52.6. The Balaban J connectivity index is 1.84. The second kappa shape index (κ2) is 11.3. The highest BCUT2D eigenvalue weighted by Crippen LogP contribution is 2.12. The van der Waals surface area contributed by atoms with Crippen LogP contribution in [-0.2, 0) is 23.9 Å². The number of ether oxygens (including phenoxy) is 2. The number of nitrogens with one attached hydrogen (secondary N) is 1. The van der Waals surface area contributed by atoms with Gasteiger partial charge in [0.2, 0.25) is 5.91 Å². The summed E-state index contributed by atoms with van der Waals surface area (Å²) in [6.07, 6.45) is 1.78. The van der Waals surface area contributed by atoms with E-state index in [-0.39, 0.29) is 19.7 Å². The normalized spacial score (nSPS) is 10.6. The van der Waals surface area contributed by atoms with Crippen molar-refractivity contribution in [3.8, 4) is 0 Å². The van der Waals surface area contributed by atoms with Crippen molar-refractivity contribution in [3.05, 3.63) is 48.2 Å². The van der Waals surface area contributed by atoms with Gasteiger partial charge in [0.05, 0.1) is 17.8 Å². The summed E-state index contributed by atoms with van der Waals surface area (Å²) in [7, 11) is 0. The molecule has 0 saturated heterocycles. The number of pyridine rings is 1. The second-order valence-corrected chi connectivity index (χ2v) is 6.05. The number of imide groups is 1. The molecule has 3 amide bonds. The lowest BCUT2D eigenvalue weighted by atomic mass is 10.2. The van der Waals surface area contributed by atoms with E-state index in [1.165, 1.54) is 12.2 Å². The maximum Gasteiger partial charge on any atom is 0.413 e. The third kappa shape index (κ3) is 7.01. The number of carbonyl (C=O) groups excluding carboxylic acids is 4. The first-order valence-corrected chi connectivity index (χ1v) is 9.38. The molecule has 1 aromatic heterocycles. The Labute approximate surface area is 173 Å². The fourth-order valence-corrected chi connectivity index (χ4v) is 2.47. The van der Waals surface area contributed by atoms with Gasteiger partial charge >= 0.3 is 12.1 Å². The van der Waals surface area contributed by atoms with E-state index in [0.717, 1.165) is 15.8 Å². The second-order valence-electron chi connectivity index (χ2n) is 6.05. The number of rotatable bonds is 8. The Hall–Kier alpha value is -3.75. The Morgan fingerprint density at radius 1 is 1.07 bits per heavy atom. The van der Waals surface area contributed by atoms with Crippen molar-refractivity contribution in [2.45, 2.75) is 13.8 Å². The zero-order valence-corrected chi connectivity index (χ0v) is 16.8. The fourth-order valence-electron chi connectivity index (χ4n) is 2.47. The predicted molar refractivity (Wildman–Crippen MR) is 109 cm³/mol. The molecule has 2 rings (SSSR count). The predicted octanol–water partition coefficient (Wildman–Crippen LogP) is 1.91. The molecule has 0 bridgehead atoms. The zero-order valence-electron chi connectivity index (χ0n) is 16.8. The van der Waals surface area contributed by atoms with Crippen molar-refractivity contribution in [2.75, 3.05) is 26.3 Å². The van der Waals surface area contributed by atoms with Gasteiger partial charge < -0.3 is 14.4 Å². The monoisotopic (exact) mass is 413 g/mol. The molecule has 1 heterocycles. The van der Waals surface area contributed by atoms with E-state index in [0.29, 0.717) is 5.69 Å². The number of amides is 3. The molecule has 0 radical (unpaired) electrons. The molecular weight excluding hydrogens is 390 g/mol. The third-order valence-electron chi connectivity index (χ3n) is 3.93. The van der Waals surface area contributed by atoms with Gasteiger partial charge in [0.15, 0.2) is 6.61 Å². The van der Waals surface area contributed by atoms with Crippen molar-refractivity contribution >= 4 is 40.9 Å². The van der Waals surface area contributed by atoms with Gasteiger partial charge in [-0.1, -0.05) is 24.3 Å². The van der Waals surface area contributed by atoms with Crippen LogP contribution in [-0.4, -0.2) is 60.1 Å². The van der Waals surface area contributed by atoms with E-state index < -0.39 is 30.5 Å². The minimum absolute atomic E-state index is 0.119. The lowest BCUT2D eigenvalue weighted by Crippen LogP contribution is -2.44. The van der Waals surface area contributed by atoms with Gasteiger partial charge in [-0.3, -0.25) is 14.9 Å². The van der Waals surface area contributed by atoms with Crippen LogP contribution in [0.5, 0.6) is 0 Å². The number of esters is 1. The number of benzene rings is 1. The number of nitrogens with zero attached hydrogens (tertiary/aromatic N) is 2.